The fourth-order valence-electron chi connectivity index (χ4n) is 3.85. The lowest BCUT2D eigenvalue weighted by Crippen LogP contribution is -2.36. The zero-order chi connectivity index (χ0) is 20.7. The molecule has 0 spiro atoms. The molecule has 1 unspecified atom stereocenters. The molecule has 8 nitrogen and oxygen atoms in total. The SMILES string of the molecule is Cc1sc2nc(CN3CCOCC3)nc(NC(C)c3nnc4ccccn34)c2c1C. The lowest BCUT2D eigenvalue weighted by Gasteiger charge is -2.26. The molecule has 156 valence electrons. The minimum absolute atomic E-state index is 0.0589. The standard InChI is InChI=1S/C21H25N7OS/c1-13-15(3)30-21-18(13)19(23-16(24-21)12-27-8-10-29-11-9-27)22-14(2)20-26-25-17-6-4-5-7-28(17)20/h4-7,14H,8-12H2,1-3H3,(H,22,23,24). The van der Waals surface area contributed by atoms with Gasteiger partial charge >= 0.3 is 0 Å². The van der Waals surface area contributed by atoms with Crippen molar-refractivity contribution >= 4 is 33.0 Å². The van der Waals surface area contributed by atoms with Crippen molar-refractivity contribution in [1.29, 1.82) is 0 Å². The number of aryl methyl sites for hydroxylation is 2. The van der Waals surface area contributed by atoms with Gasteiger partial charge in [-0.2, -0.15) is 0 Å². The Balaban J connectivity index is 1.51. The molecule has 0 aromatic carbocycles. The van der Waals surface area contributed by atoms with E-state index in [-0.39, 0.29) is 6.04 Å². The van der Waals surface area contributed by atoms with Gasteiger partial charge in [0.05, 0.1) is 31.2 Å². The molecule has 0 aliphatic carbocycles. The van der Waals surface area contributed by atoms with Crippen LogP contribution in [0.3, 0.4) is 0 Å². The highest BCUT2D eigenvalue weighted by Gasteiger charge is 2.20. The highest BCUT2D eigenvalue weighted by Crippen LogP contribution is 2.34. The largest absolute Gasteiger partial charge is 0.379 e. The summed E-state index contributed by atoms with van der Waals surface area (Å²) in [5.74, 6) is 2.56. The molecule has 5 rings (SSSR count). The average molecular weight is 424 g/mol. The molecule has 4 aromatic heterocycles. The molecule has 1 aliphatic heterocycles. The van der Waals surface area contributed by atoms with Gasteiger partial charge in [-0.3, -0.25) is 9.30 Å². The molecule has 1 atom stereocenters. The molecule has 0 amide bonds. The number of pyridine rings is 1. The number of fused-ring (bicyclic) bond motifs is 2. The summed E-state index contributed by atoms with van der Waals surface area (Å²) < 4.78 is 7.48. The number of nitrogens with zero attached hydrogens (tertiary/aromatic N) is 6. The monoisotopic (exact) mass is 423 g/mol. The van der Waals surface area contributed by atoms with E-state index < -0.39 is 0 Å². The van der Waals surface area contributed by atoms with E-state index in [2.05, 4.69) is 41.2 Å². The second-order valence-corrected chi connectivity index (χ2v) is 8.90. The lowest BCUT2D eigenvalue weighted by atomic mass is 10.2. The minimum Gasteiger partial charge on any atom is -0.379 e. The molecule has 0 radical (unpaired) electrons. The van der Waals surface area contributed by atoms with Gasteiger partial charge in [-0.1, -0.05) is 6.07 Å². The topological polar surface area (TPSA) is 80.5 Å². The van der Waals surface area contributed by atoms with Gasteiger partial charge in [-0.05, 0) is 38.5 Å². The average Bonchev–Trinajstić information content (AvgIpc) is 3.30. The van der Waals surface area contributed by atoms with E-state index in [9.17, 15) is 0 Å². The lowest BCUT2D eigenvalue weighted by molar-refractivity contribution is 0.0331. The molecule has 1 N–H and O–H groups in total. The number of rotatable bonds is 5. The molecule has 1 aliphatic rings. The number of hydrogen-bond donors (Lipinski definition) is 1. The van der Waals surface area contributed by atoms with Crippen molar-refractivity contribution in [2.45, 2.75) is 33.4 Å². The van der Waals surface area contributed by atoms with Gasteiger partial charge in [-0.25, -0.2) is 9.97 Å². The Labute approximate surface area is 178 Å². The maximum atomic E-state index is 5.47. The van der Waals surface area contributed by atoms with Crippen LogP contribution < -0.4 is 5.32 Å². The number of hydrogen-bond acceptors (Lipinski definition) is 8. The Bertz CT molecular complexity index is 1190. The van der Waals surface area contributed by atoms with Crippen LogP contribution in [0.25, 0.3) is 15.9 Å². The highest BCUT2D eigenvalue weighted by molar-refractivity contribution is 7.18. The summed E-state index contributed by atoms with van der Waals surface area (Å²) in [6.07, 6.45) is 1.99. The van der Waals surface area contributed by atoms with Crippen LogP contribution in [0, 0.1) is 13.8 Å². The highest BCUT2D eigenvalue weighted by atomic mass is 32.1. The summed E-state index contributed by atoms with van der Waals surface area (Å²) in [6, 6.07) is 5.85. The maximum absolute atomic E-state index is 5.47. The molecular formula is C21H25N7OS. The molecular weight excluding hydrogens is 398 g/mol. The van der Waals surface area contributed by atoms with Gasteiger partial charge in [0.1, 0.15) is 16.5 Å². The smallest absolute Gasteiger partial charge is 0.160 e. The van der Waals surface area contributed by atoms with Crippen molar-refractivity contribution in [3.05, 3.63) is 46.5 Å². The van der Waals surface area contributed by atoms with Gasteiger partial charge in [0.2, 0.25) is 0 Å². The Kier molecular flexibility index (Phi) is 5.10. The van der Waals surface area contributed by atoms with E-state index in [1.54, 1.807) is 11.3 Å². The zero-order valence-corrected chi connectivity index (χ0v) is 18.2. The summed E-state index contributed by atoms with van der Waals surface area (Å²) >= 11 is 1.73. The zero-order valence-electron chi connectivity index (χ0n) is 17.4. The summed E-state index contributed by atoms with van der Waals surface area (Å²) in [4.78, 5) is 14.5. The van der Waals surface area contributed by atoms with Gasteiger partial charge < -0.3 is 10.1 Å². The summed E-state index contributed by atoms with van der Waals surface area (Å²) in [6.45, 7) is 10.5. The third-order valence-electron chi connectivity index (χ3n) is 5.62. The third-order valence-corrected chi connectivity index (χ3v) is 6.73. The molecule has 4 aromatic rings. The molecule has 30 heavy (non-hydrogen) atoms. The molecule has 5 heterocycles. The fraction of sp³-hybridized carbons (Fsp3) is 0.429. The Morgan fingerprint density at radius 3 is 2.83 bits per heavy atom. The first-order valence-electron chi connectivity index (χ1n) is 10.2. The quantitative estimate of drug-likeness (QED) is 0.527. The molecule has 0 saturated carbocycles. The number of aromatic nitrogens is 5. The van der Waals surface area contributed by atoms with Crippen molar-refractivity contribution in [1.82, 2.24) is 29.5 Å². The summed E-state index contributed by atoms with van der Waals surface area (Å²) in [5, 5.41) is 13.4. The number of nitrogens with one attached hydrogen (secondary N) is 1. The van der Waals surface area contributed by atoms with Crippen molar-refractivity contribution in [3.8, 4) is 0 Å². The Morgan fingerprint density at radius 2 is 2.00 bits per heavy atom. The minimum atomic E-state index is -0.0589. The van der Waals surface area contributed by atoms with Crippen LogP contribution in [0.4, 0.5) is 5.82 Å². The van der Waals surface area contributed by atoms with Crippen molar-refractivity contribution in [2.24, 2.45) is 0 Å². The van der Waals surface area contributed by atoms with Crippen molar-refractivity contribution in [2.75, 3.05) is 31.6 Å². The van der Waals surface area contributed by atoms with Crippen molar-refractivity contribution in [3.63, 3.8) is 0 Å². The van der Waals surface area contributed by atoms with Gasteiger partial charge in [0, 0.05) is 24.2 Å². The van der Waals surface area contributed by atoms with Gasteiger partial charge in [0.15, 0.2) is 11.5 Å². The molecule has 9 heteroatoms. The maximum Gasteiger partial charge on any atom is 0.160 e. The van der Waals surface area contributed by atoms with Crippen LogP contribution in [-0.2, 0) is 11.3 Å². The Hall–Kier alpha value is -2.62. The van der Waals surface area contributed by atoms with Crippen LogP contribution in [0.5, 0.6) is 0 Å². The van der Waals surface area contributed by atoms with E-state index in [4.69, 9.17) is 14.7 Å². The van der Waals surface area contributed by atoms with Crippen LogP contribution in [0.1, 0.15) is 35.1 Å². The summed E-state index contributed by atoms with van der Waals surface area (Å²) in [5.41, 5.74) is 2.07. The van der Waals surface area contributed by atoms with Crippen LogP contribution in [-0.4, -0.2) is 55.8 Å². The number of thiophene rings is 1. The summed E-state index contributed by atoms with van der Waals surface area (Å²) in [7, 11) is 0. The fourth-order valence-corrected chi connectivity index (χ4v) is 4.90. The van der Waals surface area contributed by atoms with E-state index in [0.717, 1.165) is 66.2 Å². The van der Waals surface area contributed by atoms with E-state index in [1.807, 2.05) is 28.8 Å². The third kappa shape index (κ3) is 3.53. The predicted molar refractivity (Wildman–Crippen MR) is 118 cm³/mol. The number of anilines is 1. The number of ether oxygens (including phenoxy) is 1. The van der Waals surface area contributed by atoms with Crippen LogP contribution in [0.15, 0.2) is 24.4 Å². The van der Waals surface area contributed by atoms with Crippen LogP contribution in [0.2, 0.25) is 0 Å². The molecule has 0 bridgehead atoms. The first-order chi connectivity index (χ1) is 14.6. The van der Waals surface area contributed by atoms with E-state index in [0.29, 0.717) is 0 Å². The van der Waals surface area contributed by atoms with Crippen LogP contribution >= 0.6 is 11.3 Å². The van der Waals surface area contributed by atoms with E-state index >= 15 is 0 Å². The molecule has 1 saturated heterocycles. The van der Waals surface area contributed by atoms with Gasteiger partial charge in [0.25, 0.3) is 0 Å². The normalized spacial score (nSPS) is 16.4. The first kappa shape index (κ1) is 19.3. The number of morpholine rings is 1. The second kappa shape index (κ2) is 7.90. The van der Waals surface area contributed by atoms with Crippen molar-refractivity contribution < 1.29 is 4.74 Å². The predicted octanol–water partition coefficient (Wildman–Crippen LogP) is 3.36. The second-order valence-electron chi connectivity index (χ2n) is 7.69. The first-order valence-corrected chi connectivity index (χ1v) is 11.0. The molecule has 1 fully saturated rings. The Morgan fingerprint density at radius 1 is 1.17 bits per heavy atom. The van der Waals surface area contributed by atoms with Gasteiger partial charge in [-0.15, -0.1) is 21.5 Å². The van der Waals surface area contributed by atoms with E-state index in [1.165, 1.54) is 10.4 Å².